The molecule has 31 heavy (non-hydrogen) atoms. The van der Waals surface area contributed by atoms with Crippen molar-refractivity contribution in [2.45, 2.75) is 35.9 Å². The predicted octanol–water partition coefficient (Wildman–Crippen LogP) is 4.33. The van der Waals surface area contributed by atoms with Crippen LogP contribution >= 0.6 is 0 Å². The number of hydrogen-bond donors (Lipinski definition) is 1. The molecule has 2 aromatic rings. The van der Waals surface area contributed by atoms with Gasteiger partial charge in [-0.15, -0.1) is 0 Å². The minimum atomic E-state index is -6.33. The molecule has 5 nitrogen and oxygen atoms in total. The molecule has 0 fully saturated rings. The first-order valence-corrected chi connectivity index (χ1v) is 11.0. The van der Waals surface area contributed by atoms with Crippen LogP contribution in [-0.2, 0) is 19.6 Å². The maximum atomic E-state index is 13.7. The van der Waals surface area contributed by atoms with Crippen LogP contribution in [0.2, 0.25) is 0 Å². The van der Waals surface area contributed by atoms with Crippen LogP contribution in [0.1, 0.15) is 46.9 Å². The Labute approximate surface area is 175 Å². The lowest BCUT2D eigenvalue weighted by Gasteiger charge is -2.44. The quantitative estimate of drug-likeness (QED) is 0.396. The lowest BCUT2D eigenvalue weighted by Crippen LogP contribution is -2.47. The molecule has 166 valence electrons. The molecule has 1 N–H and O–H groups in total. The van der Waals surface area contributed by atoms with E-state index >= 15 is 0 Å². The SMILES string of the molecule is O=C(OCCC(F)(F)C(F)(F)S(=O)(=O)O)C1CC2c3ccccc3C1c1ccccc12. The summed E-state index contributed by atoms with van der Waals surface area (Å²) in [5, 5.41) is -5.69. The Balaban J connectivity index is 1.52. The summed E-state index contributed by atoms with van der Waals surface area (Å²) in [5.41, 5.74) is 4.02. The number of esters is 1. The summed E-state index contributed by atoms with van der Waals surface area (Å²) in [6, 6.07) is 15.2. The smallest absolute Gasteiger partial charge is 0.431 e. The van der Waals surface area contributed by atoms with E-state index in [0.717, 1.165) is 22.3 Å². The average Bonchev–Trinajstić information content (AvgIpc) is 2.72. The monoisotopic (exact) mass is 458 g/mol. The zero-order valence-electron chi connectivity index (χ0n) is 16.0. The summed E-state index contributed by atoms with van der Waals surface area (Å²) < 4.78 is 88.4. The van der Waals surface area contributed by atoms with Crippen molar-refractivity contribution >= 4 is 16.1 Å². The predicted molar refractivity (Wildman–Crippen MR) is 102 cm³/mol. The summed E-state index contributed by atoms with van der Waals surface area (Å²) >= 11 is 0. The molecule has 0 aromatic heterocycles. The largest absolute Gasteiger partial charge is 0.465 e. The van der Waals surface area contributed by atoms with Crippen LogP contribution < -0.4 is 0 Å². The van der Waals surface area contributed by atoms with Crippen LogP contribution in [0.4, 0.5) is 17.6 Å². The normalized spacial score (nSPS) is 22.5. The van der Waals surface area contributed by atoms with Crippen LogP contribution in [0.15, 0.2) is 48.5 Å². The molecule has 2 bridgehead atoms. The van der Waals surface area contributed by atoms with Crippen molar-refractivity contribution in [3.8, 4) is 0 Å². The molecule has 0 spiro atoms. The van der Waals surface area contributed by atoms with E-state index in [9.17, 15) is 30.8 Å². The minimum absolute atomic E-state index is 0.0831. The van der Waals surface area contributed by atoms with Gasteiger partial charge in [-0.1, -0.05) is 48.5 Å². The number of benzene rings is 2. The van der Waals surface area contributed by atoms with Crippen molar-refractivity contribution in [2.75, 3.05) is 6.61 Å². The van der Waals surface area contributed by atoms with Crippen molar-refractivity contribution in [3.05, 3.63) is 70.8 Å². The Bertz CT molecular complexity index is 1080. The second-order valence-electron chi connectivity index (χ2n) is 7.74. The van der Waals surface area contributed by atoms with E-state index in [1.54, 1.807) is 0 Å². The van der Waals surface area contributed by atoms with Gasteiger partial charge in [0.2, 0.25) is 0 Å². The Kier molecular flexibility index (Phi) is 5.13. The topological polar surface area (TPSA) is 80.7 Å². The zero-order valence-corrected chi connectivity index (χ0v) is 16.8. The summed E-state index contributed by atoms with van der Waals surface area (Å²) in [6.45, 7) is -1.12. The van der Waals surface area contributed by atoms with Crippen molar-refractivity contribution in [3.63, 3.8) is 0 Å². The first kappa shape index (κ1) is 21.8. The van der Waals surface area contributed by atoms with Crippen LogP contribution in [0, 0.1) is 5.92 Å². The molecule has 0 saturated carbocycles. The first-order valence-electron chi connectivity index (χ1n) is 9.52. The van der Waals surface area contributed by atoms with E-state index in [1.807, 2.05) is 48.5 Å². The molecule has 0 aliphatic heterocycles. The first-order chi connectivity index (χ1) is 14.5. The second-order valence-corrected chi connectivity index (χ2v) is 9.21. The molecule has 1 unspecified atom stereocenters. The van der Waals surface area contributed by atoms with E-state index in [2.05, 4.69) is 0 Å². The fourth-order valence-electron chi connectivity index (χ4n) is 4.59. The Morgan fingerprint density at radius 1 is 0.968 bits per heavy atom. The van der Waals surface area contributed by atoms with Crippen LogP contribution in [0.3, 0.4) is 0 Å². The molecule has 3 aliphatic carbocycles. The van der Waals surface area contributed by atoms with Gasteiger partial charge < -0.3 is 4.74 Å². The molecular weight excluding hydrogens is 440 g/mol. The van der Waals surface area contributed by atoms with Gasteiger partial charge >= 0.3 is 27.3 Å². The molecular formula is C21H18F4O5S. The summed E-state index contributed by atoms with van der Waals surface area (Å²) in [5.74, 6) is -7.05. The minimum Gasteiger partial charge on any atom is -0.465 e. The van der Waals surface area contributed by atoms with Gasteiger partial charge in [-0.25, -0.2) is 0 Å². The Morgan fingerprint density at radius 2 is 1.45 bits per heavy atom. The number of carbonyl (C=O) groups is 1. The van der Waals surface area contributed by atoms with Gasteiger partial charge in [0.25, 0.3) is 0 Å². The molecule has 0 saturated heterocycles. The lowest BCUT2D eigenvalue weighted by molar-refractivity contribution is -0.176. The number of halogens is 4. The van der Waals surface area contributed by atoms with Gasteiger partial charge in [-0.3, -0.25) is 9.35 Å². The van der Waals surface area contributed by atoms with Gasteiger partial charge in [-0.05, 0) is 28.7 Å². The Hall–Kier alpha value is -2.46. The third kappa shape index (κ3) is 3.41. The summed E-state index contributed by atoms with van der Waals surface area (Å²) in [4.78, 5) is 12.7. The molecule has 5 rings (SSSR count). The van der Waals surface area contributed by atoms with Crippen molar-refractivity contribution in [1.82, 2.24) is 0 Å². The van der Waals surface area contributed by atoms with E-state index in [-0.39, 0.29) is 11.8 Å². The maximum absolute atomic E-state index is 13.7. The fraction of sp³-hybridized carbons (Fsp3) is 0.381. The molecule has 3 aliphatic rings. The molecule has 0 heterocycles. The highest BCUT2D eigenvalue weighted by atomic mass is 32.2. The van der Waals surface area contributed by atoms with Gasteiger partial charge in [-0.2, -0.15) is 26.0 Å². The van der Waals surface area contributed by atoms with Crippen molar-refractivity contribution < 1.29 is 40.1 Å². The van der Waals surface area contributed by atoms with Crippen LogP contribution in [0.25, 0.3) is 0 Å². The molecule has 0 radical (unpaired) electrons. The average molecular weight is 458 g/mol. The van der Waals surface area contributed by atoms with E-state index in [1.165, 1.54) is 0 Å². The zero-order chi connectivity index (χ0) is 22.6. The van der Waals surface area contributed by atoms with Gasteiger partial charge in [0.15, 0.2) is 0 Å². The highest BCUT2D eigenvalue weighted by molar-refractivity contribution is 7.87. The Morgan fingerprint density at radius 3 is 1.94 bits per heavy atom. The third-order valence-corrected chi connectivity index (χ3v) is 6.96. The van der Waals surface area contributed by atoms with Crippen molar-refractivity contribution in [1.29, 1.82) is 0 Å². The number of fused-ring (bicyclic) bond motifs is 1. The van der Waals surface area contributed by atoms with Gasteiger partial charge in [0.05, 0.1) is 18.9 Å². The van der Waals surface area contributed by atoms with E-state index in [0.29, 0.717) is 6.42 Å². The van der Waals surface area contributed by atoms with Gasteiger partial charge in [0, 0.05) is 11.8 Å². The highest BCUT2D eigenvalue weighted by Crippen LogP contribution is 2.55. The standard InChI is InChI=1S/C21H18F4O5S/c22-20(23,21(24,25)31(27,28)29)9-10-30-19(26)17-11-16-12-5-1-3-7-14(12)18(17)15-8-4-2-6-13(15)16/h1-8,16-18H,9-11H2,(H,27,28,29). The number of rotatable bonds is 6. The van der Waals surface area contributed by atoms with Crippen LogP contribution in [-0.4, -0.2) is 36.7 Å². The van der Waals surface area contributed by atoms with Crippen LogP contribution in [0.5, 0.6) is 0 Å². The summed E-state index contributed by atoms with van der Waals surface area (Å²) in [6.07, 6.45) is -1.37. The second kappa shape index (κ2) is 7.30. The molecule has 0 amide bonds. The van der Waals surface area contributed by atoms with Crippen molar-refractivity contribution in [2.24, 2.45) is 5.92 Å². The highest BCUT2D eigenvalue weighted by Gasteiger charge is 2.65. The summed E-state index contributed by atoms with van der Waals surface area (Å²) in [7, 11) is -6.33. The van der Waals surface area contributed by atoms with Gasteiger partial charge in [0.1, 0.15) is 0 Å². The number of alkyl halides is 4. The number of ether oxygens (including phenoxy) is 1. The van der Waals surface area contributed by atoms with E-state index < -0.39 is 46.2 Å². The number of carbonyl (C=O) groups excluding carboxylic acids is 1. The fourth-order valence-corrected chi connectivity index (χ4v) is 5.07. The number of hydrogen-bond acceptors (Lipinski definition) is 4. The molecule has 1 atom stereocenters. The maximum Gasteiger partial charge on any atom is 0.431 e. The molecule has 10 heteroatoms. The lowest BCUT2D eigenvalue weighted by atomic mass is 9.59. The molecule has 2 aromatic carbocycles. The van der Waals surface area contributed by atoms with E-state index in [4.69, 9.17) is 9.29 Å². The third-order valence-electron chi connectivity index (χ3n) is 6.02.